The molecule has 0 N–H and O–H groups in total. The standard InChI is InChI=1S/C25H33N5O3.CH4/c1-5-26-22(10-9-18(2)3)24-21(19(4)33-28-24)15-30-23(31)13-20(14-27-30)29-16-25(17-29)11-7-6-8-12-32-25;/h5,9-10,13-14H,6-8,11-12,15-17H2,1-4H3;1H4/b22-10-,26-5?;. The maximum Gasteiger partial charge on any atom is 0.269 e. The summed E-state index contributed by atoms with van der Waals surface area (Å²) < 4.78 is 13.0. The van der Waals surface area contributed by atoms with E-state index in [-0.39, 0.29) is 25.1 Å². The highest BCUT2D eigenvalue weighted by Crippen LogP contribution is 2.35. The number of aromatic nitrogens is 3. The minimum absolute atomic E-state index is 0. The number of allylic oxidation sites excluding steroid dienone is 3. The summed E-state index contributed by atoms with van der Waals surface area (Å²) in [6.07, 6.45) is 12.0. The molecule has 2 aliphatic heterocycles. The van der Waals surface area contributed by atoms with E-state index >= 15 is 0 Å². The summed E-state index contributed by atoms with van der Waals surface area (Å²) in [5, 5.41) is 8.66. The first-order valence-corrected chi connectivity index (χ1v) is 11.7. The van der Waals surface area contributed by atoms with Crippen molar-refractivity contribution in [2.75, 3.05) is 24.6 Å². The highest BCUT2D eigenvalue weighted by molar-refractivity contribution is 5.73. The summed E-state index contributed by atoms with van der Waals surface area (Å²) in [5.74, 6) is 0.646. The van der Waals surface area contributed by atoms with Crippen LogP contribution in [0.2, 0.25) is 0 Å². The third-order valence-electron chi connectivity index (χ3n) is 6.24. The Morgan fingerprint density at radius 1 is 1.24 bits per heavy atom. The number of ether oxygens (including phenoxy) is 1. The van der Waals surface area contributed by atoms with E-state index < -0.39 is 0 Å². The Morgan fingerprint density at radius 2 is 2.03 bits per heavy atom. The molecule has 4 heterocycles. The smallest absolute Gasteiger partial charge is 0.269 e. The van der Waals surface area contributed by atoms with Crippen molar-refractivity contribution in [3.63, 3.8) is 0 Å². The molecule has 0 amide bonds. The zero-order chi connectivity index (χ0) is 23.4. The molecule has 1 spiro atoms. The molecule has 0 bridgehead atoms. The monoisotopic (exact) mass is 467 g/mol. The average Bonchev–Trinajstić information content (AvgIpc) is 2.96. The van der Waals surface area contributed by atoms with Gasteiger partial charge in [-0.1, -0.05) is 37.1 Å². The molecule has 2 aliphatic rings. The Morgan fingerprint density at radius 3 is 2.74 bits per heavy atom. The molecule has 2 aromatic rings. The van der Waals surface area contributed by atoms with Crippen molar-refractivity contribution >= 4 is 17.6 Å². The summed E-state index contributed by atoms with van der Waals surface area (Å²) in [6, 6.07) is 1.66. The van der Waals surface area contributed by atoms with Crippen LogP contribution in [0.4, 0.5) is 5.69 Å². The summed E-state index contributed by atoms with van der Waals surface area (Å²) in [7, 11) is 0. The highest BCUT2D eigenvalue weighted by atomic mass is 16.5. The number of aliphatic imine (C=N–C) groups is 1. The molecule has 0 saturated carbocycles. The molecule has 34 heavy (non-hydrogen) atoms. The first-order chi connectivity index (χ1) is 15.9. The first-order valence-electron chi connectivity index (χ1n) is 11.7. The molecule has 2 saturated heterocycles. The molecule has 0 aromatic carbocycles. The van der Waals surface area contributed by atoms with Gasteiger partial charge in [-0.15, -0.1) is 0 Å². The molecular weight excluding hydrogens is 430 g/mol. The van der Waals surface area contributed by atoms with E-state index in [1.165, 1.54) is 17.5 Å². The molecule has 0 unspecified atom stereocenters. The van der Waals surface area contributed by atoms with Crippen LogP contribution in [0.1, 0.15) is 70.9 Å². The summed E-state index contributed by atoms with van der Waals surface area (Å²) >= 11 is 0. The van der Waals surface area contributed by atoms with Gasteiger partial charge in [0, 0.05) is 37.5 Å². The Balaban J connectivity index is 0.00000324. The van der Waals surface area contributed by atoms with Crippen LogP contribution < -0.4 is 10.5 Å². The number of hydrogen-bond donors (Lipinski definition) is 0. The molecule has 8 heteroatoms. The number of anilines is 1. The van der Waals surface area contributed by atoms with Gasteiger partial charge in [-0.3, -0.25) is 9.79 Å². The highest BCUT2D eigenvalue weighted by Gasteiger charge is 2.44. The maximum atomic E-state index is 12.9. The van der Waals surface area contributed by atoms with Gasteiger partial charge in [0.2, 0.25) is 0 Å². The zero-order valence-corrected chi connectivity index (χ0v) is 20.0. The Bertz CT molecular complexity index is 1120. The van der Waals surface area contributed by atoms with Gasteiger partial charge in [0.05, 0.1) is 24.1 Å². The predicted octanol–water partition coefficient (Wildman–Crippen LogP) is 4.77. The van der Waals surface area contributed by atoms with E-state index in [4.69, 9.17) is 9.26 Å². The lowest BCUT2D eigenvalue weighted by atomic mass is 9.88. The lowest BCUT2D eigenvalue weighted by molar-refractivity contribution is -0.0620. The third-order valence-corrected chi connectivity index (χ3v) is 6.24. The van der Waals surface area contributed by atoms with Gasteiger partial charge in [0.1, 0.15) is 17.1 Å². The normalized spacial score (nSPS) is 17.9. The number of rotatable bonds is 6. The van der Waals surface area contributed by atoms with Gasteiger partial charge in [-0.25, -0.2) is 4.68 Å². The molecular formula is C26H37N5O3. The predicted molar refractivity (Wildman–Crippen MR) is 137 cm³/mol. The van der Waals surface area contributed by atoms with Gasteiger partial charge in [0.15, 0.2) is 0 Å². The van der Waals surface area contributed by atoms with Gasteiger partial charge >= 0.3 is 0 Å². The molecule has 184 valence electrons. The van der Waals surface area contributed by atoms with E-state index in [1.807, 2.05) is 39.8 Å². The van der Waals surface area contributed by atoms with Crippen molar-refractivity contribution in [1.29, 1.82) is 0 Å². The topological polar surface area (TPSA) is 85.8 Å². The van der Waals surface area contributed by atoms with Gasteiger partial charge in [-0.2, -0.15) is 5.10 Å². The number of nitrogens with zero attached hydrogens (tertiary/aromatic N) is 5. The fourth-order valence-electron chi connectivity index (χ4n) is 4.38. The molecule has 0 aliphatic carbocycles. The van der Waals surface area contributed by atoms with E-state index in [1.54, 1.807) is 18.5 Å². The molecule has 2 aromatic heterocycles. The second-order valence-corrected chi connectivity index (χ2v) is 9.16. The van der Waals surface area contributed by atoms with Crippen LogP contribution in [0.3, 0.4) is 0 Å². The minimum atomic E-state index is -0.157. The Labute approximate surface area is 202 Å². The van der Waals surface area contributed by atoms with Crippen LogP contribution in [0.5, 0.6) is 0 Å². The van der Waals surface area contributed by atoms with Crippen LogP contribution in [-0.4, -0.2) is 46.4 Å². The van der Waals surface area contributed by atoms with Crippen molar-refractivity contribution in [1.82, 2.24) is 14.9 Å². The van der Waals surface area contributed by atoms with Crippen molar-refractivity contribution in [3.8, 4) is 0 Å². The summed E-state index contributed by atoms with van der Waals surface area (Å²) in [5.41, 5.74) is 3.89. The van der Waals surface area contributed by atoms with E-state index in [0.29, 0.717) is 17.2 Å². The molecule has 0 atom stereocenters. The fourth-order valence-corrected chi connectivity index (χ4v) is 4.38. The zero-order valence-electron chi connectivity index (χ0n) is 20.0. The number of hydrogen-bond acceptors (Lipinski definition) is 7. The third kappa shape index (κ3) is 5.55. The fraction of sp³-hybridized carbons (Fsp3) is 0.538. The van der Waals surface area contributed by atoms with Gasteiger partial charge in [-0.05, 0) is 46.6 Å². The van der Waals surface area contributed by atoms with Crippen molar-refractivity contribution in [2.45, 2.75) is 73.0 Å². The number of aryl methyl sites for hydroxylation is 1. The Kier molecular flexibility index (Phi) is 8.25. The summed E-state index contributed by atoms with van der Waals surface area (Å²) in [4.78, 5) is 19.5. The largest absolute Gasteiger partial charge is 0.371 e. The molecule has 8 nitrogen and oxygen atoms in total. The second-order valence-electron chi connectivity index (χ2n) is 9.16. The average molecular weight is 468 g/mol. The van der Waals surface area contributed by atoms with E-state index in [0.717, 1.165) is 49.4 Å². The maximum absolute atomic E-state index is 12.9. The van der Waals surface area contributed by atoms with Gasteiger partial charge < -0.3 is 14.2 Å². The van der Waals surface area contributed by atoms with Crippen LogP contribution >= 0.6 is 0 Å². The van der Waals surface area contributed by atoms with Crippen LogP contribution in [0, 0.1) is 6.92 Å². The van der Waals surface area contributed by atoms with Crippen molar-refractivity contribution in [2.24, 2.45) is 4.99 Å². The molecule has 4 rings (SSSR count). The van der Waals surface area contributed by atoms with Crippen LogP contribution in [-0.2, 0) is 11.3 Å². The van der Waals surface area contributed by atoms with Crippen molar-refractivity contribution in [3.05, 3.63) is 57.4 Å². The lowest BCUT2D eigenvalue weighted by Crippen LogP contribution is -2.63. The Hall–Kier alpha value is -3.00. The van der Waals surface area contributed by atoms with Crippen LogP contribution in [0.25, 0.3) is 5.70 Å². The minimum Gasteiger partial charge on any atom is -0.371 e. The van der Waals surface area contributed by atoms with E-state index in [2.05, 4.69) is 20.1 Å². The van der Waals surface area contributed by atoms with Gasteiger partial charge in [0.25, 0.3) is 5.56 Å². The quantitative estimate of drug-likeness (QED) is 0.449. The molecule has 0 radical (unpaired) electrons. The lowest BCUT2D eigenvalue weighted by Gasteiger charge is -2.50. The first kappa shape index (κ1) is 25.6. The SMILES string of the molecule is C.CC=N/C(=C\C=C(C)C)c1noc(C)c1Cn1ncc(N2CC3(CCCCCO3)C2)cc1=O. The summed E-state index contributed by atoms with van der Waals surface area (Å²) in [6.45, 7) is 10.5. The van der Waals surface area contributed by atoms with Crippen LogP contribution in [0.15, 0.2) is 44.3 Å². The molecule has 2 fully saturated rings. The van der Waals surface area contributed by atoms with Crippen molar-refractivity contribution < 1.29 is 9.26 Å². The second kappa shape index (κ2) is 11.0. The van der Waals surface area contributed by atoms with E-state index in [9.17, 15) is 4.79 Å².